The van der Waals surface area contributed by atoms with Crippen molar-refractivity contribution in [2.45, 2.75) is 31.3 Å². The van der Waals surface area contributed by atoms with Crippen LogP contribution in [0.3, 0.4) is 0 Å². The number of fused-ring (bicyclic) bond motifs is 1. The fourth-order valence-corrected chi connectivity index (χ4v) is 5.87. The van der Waals surface area contributed by atoms with Gasteiger partial charge in [0.2, 0.25) is 0 Å². The number of aromatic nitrogens is 1. The molecule has 0 unspecified atom stereocenters. The highest BCUT2D eigenvalue weighted by Crippen LogP contribution is 2.37. The first kappa shape index (κ1) is 23.7. The van der Waals surface area contributed by atoms with Gasteiger partial charge in [-0.1, -0.05) is 35.3 Å². The number of nitrogens with zero attached hydrogens (tertiary/aromatic N) is 3. The predicted molar refractivity (Wildman–Crippen MR) is 131 cm³/mol. The first-order valence-corrected chi connectivity index (χ1v) is 12.7. The molecule has 4 rings (SSSR count). The maximum Gasteiger partial charge on any atom is 0.410 e. The number of carbonyl (C=O) groups excluding carboxylic acids is 1. The monoisotopic (exact) mass is 509 g/mol. The lowest BCUT2D eigenvalue weighted by Crippen LogP contribution is -2.50. The second-order valence-corrected chi connectivity index (χ2v) is 11.5. The van der Waals surface area contributed by atoms with E-state index in [0.717, 1.165) is 5.69 Å². The molecule has 1 fully saturated rings. The third kappa shape index (κ3) is 4.78. The predicted octanol–water partition coefficient (Wildman–Crippen LogP) is 5.24. The first-order chi connectivity index (χ1) is 15.5. The smallest absolute Gasteiger partial charge is 0.410 e. The summed E-state index contributed by atoms with van der Waals surface area (Å²) in [6.45, 7) is 7.64. The lowest BCUT2D eigenvalue weighted by molar-refractivity contribution is 0.0240. The number of benzene rings is 2. The molecule has 1 aliphatic rings. The lowest BCUT2D eigenvalue weighted by atomic mass is 10.1. The molecule has 1 saturated heterocycles. The number of rotatable bonds is 3. The van der Waals surface area contributed by atoms with Crippen LogP contribution in [0.4, 0.5) is 10.5 Å². The van der Waals surface area contributed by atoms with E-state index in [2.05, 4.69) is 4.90 Å². The van der Waals surface area contributed by atoms with Gasteiger partial charge in [-0.3, -0.25) is 0 Å². The zero-order valence-electron chi connectivity index (χ0n) is 18.6. The number of hydrogen-bond acceptors (Lipinski definition) is 5. The van der Waals surface area contributed by atoms with Gasteiger partial charge in [-0.15, -0.1) is 0 Å². The van der Waals surface area contributed by atoms with Crippen molar-refractivity contribution in [1.29, 1.82) is 0 Å². The Morgan fingerprint density at radius 2 is 1.67 bits per heavy atom. The average Bonchev–Trinajstić information content (AvgIpc) is 3.10. The Hall–Kier alpha value is -2.42. The van der Waals surface area contributed by atoms with Crippen molar-refractivity contribution in [3.05, 3.63) is 58.7 Å². The molecule has 3 aromatic rings. The van der Waals surface area contributed by atoms with E-state index in [-0.39, 0.29) is 11.0 Å². The summed E-state index contributed by atoms with van der Waals surface area (Å²) in [6.07, 6.45) is 1.08. The Labute approximate surface area is 203 Å². The van der Waals surface area contributed by atoms with Crippen LogP contribution in [0.5, 0.6) is 0 Å². The van der Waals surface area contributed by atoms with Gasteiger partial charge in [0.15, 0.2) is 0 Å². The molecule has 0 radical (unpaired) electrons. The minimum absolute atomic E-state index is 0.0833. The number of amides is 1. The van der Waals surface area contributed by atoms with Crippen molar-refractivity contribution >= 4 is 55.9 Å². The van der Waals surface area contributed by atoms with E-state index >= 15 is 0 Å². The molecule has 0 spiro atoms. The lowest BCUT2D eigenvalue weighted by Gasteiger charge is -2.37. The Kier molecular flexibility index (Phi) is 6.28. The highest BCUT2D eigenvalue weighted by Gasteiger charge is 2.28. The summed E-state index contributed by atoms with van der Waals surface area (Å²) in [5.41, 5.74) is 0.749. The average molecular weight is 510 g/mol. The second kappa shape index (κ2) is 8.74. The maximum absolute atomic E-state index is 13.3. The molecule has 0 aliphatic carbocycles. The van der Waals surface area contributed by atoms with Gasteiger partial charge in [0, 0.05) is 48.5 Å². The Bertz CT molecular complexity index is 1310. The van der Waals surface area contributed by atoms with Crippen LogP contribution >= 0.6 is 23.2 Å². The molecule has 2 heterocycles. The standard InChI is InChI=1S/C23H25Cl2N3O4S/c1-23(2,3)32-22(29)27-12-10-26(11-13-27)19-8-5-9-20-21(19)18(25)15-28(20)33(30,31)17-7-4-6-16(24)14-17/h4-9,14-15H,10-13H2,1-3H3. The molecule has 7 nitrogen and oxygen atoms in total. The van der Waals surface area contributed by atoms with E-state index in [0.29, 0.717) is 47.1 Å². The number of carbonyl (C=O) groups is 1. The van der Waals surface area contributed by atoms with E-state index in [9.17, 15) is 13.2 Å². The summed E-state index contributed by atoms with van der Waals surface area (Å²) in [5, 5.41) is 1.32. The van der Waals surface area contributed by atoms with Crippen LogP contribution in [-0.4, -0.2) is 55.2 Å². The molecular weight excluding hydrogens is 485 g/mol. The fourth-order valence-electron chi connectivity index (χ4n) is 3.85. The number of halogens is 2. The number of hydrogen-bond donors (Lipinski definition) is 0. The topological polar surface area (TPSA) is 71.8 Å². The van der Waals surface area contributed by atoms with Crippen LogP contribution in [0, 0.1) is 0 Å². The van der Waals surface area contributed by atoms with Crippen molar-refractivity contribution in [3.8, 4) is 0 Å². The van der Waals surface area contributed by atoms with Gasteiger partial charge in [-0.25, -0.2) is 17.2 Å². The highest BCUT2D eigenvalue weighted by molar-refractivity contribution is 7.90. The Morgan fingerprint density at radius 3 is 2.30 bits per heavy atom. The Balaban J connectivity index is 1.64. The molecule has 33 heavy (non-hydrogen) atoms. The van der Waals surface area contributed by atoms with Crippen molar-refractivity contribution in [3.63, 3.8) is 0 Å². The van der Waals surface area contributed by atoms with Crippen molar-refractivity contribution in [1.82, 2.24) is 8.87 Å². The van der Waals surface area contributed by atoms with Crippen molar-refractivity contribution in [2.75, 3.05) is 31.1 Å². The fraction of sp³-hybridized carbons (Fsp3) is 0.348. The number of ether oxygens (including phenoxy) is 1. The molecule has 1 amide bonds. The van der Waals surface area contributed by atoms with E-state index in [1.165, 1.54) is 22.3 Å². The van der Waals surface area contributed by atoms with Crippen LogP contribution in [0.15, 0.2) is 53.6 Å². The van der Waals surface area contributed by atoms with Gasteiger partial charge in [-0.05, 0) is 51.1 Å². The van der Waals surface area contributed by atoms with Gasteiger partial charge in [0.1, 0.15) is 5.60 Å². The summed E-state index contributed by atoms with van der Waals surface area (Å²) in [7, 11) is -3.89. The normalized spacial score (nSPS) is 15.2. The van der Waals surface area contributed by atoms with Crippen LogP contribution in [0.2, 0.25) is 10.0 Å². The zero-order chi connectivity index (χ0) is 24.0. The van der Waals surface area contributed by atoms with Crippen LogP contribution in [0.1, 0.15) is 20.8 Å². The summed E-state index contributed by atoms with van der Waals surface area (Å²) >= 11 is 12.6. The molecule has 10 heteroatoms. The molecule has 0 saturated carbocycles. The second-order valence-electron chi connectivity index (χ2n) is 8.86. The van der Waals surface area contributed by atoms with Crippen LogP contribution in [0.25, 0.3) is 10.9 Å². The number of piperazine rings is 1. The van der Waals surface area contributed by atoms with Crippen molar-refractivity contribution < 1.29 is 17.9 Å². The molecule has 0 N–H and O–H groups in total. The molecule has 176 valence electrons. The van der Waals surface area contributed by atoms with Crippen molar-refractivity contribution in [2.24, 2.45) is 0 Å². The van der Waals surface area contributed by atoms with Gasteiger partial charge in [0.25, 0.3) is 10.0 Å². The quantitative estimate of drug-likeness (QED) is 0.482. The first-order valence-electron chi connectivity index (χ1n) is 10.5. The van der Waals surface area contributed by atoms with Gasteiger partial charge >= 0.3 is 6.09 Å². The molecular formula is C23H25Cl2N3O4S. The molecule has 1 aromatic heterocycles. The third-order valence-corrected chi connectivity index (χ3v) is 7.54. The summed E-state index contributed by atoms with van der Waals surface area (Å²) in [4.78, 5) is 16.2. The minimum Gasteiger partial charge on any atom is -0.444 e. The van der Waals surface area contributed by atoms with Gasteiger partial charge < -0.3 is 14.5 Å². The summed E-state index contributed by atoms with van der Waals surface area (Å²) in [6, 6.07) is 11.6. The third-order valence-electron chi connectivity index (χ3n) is 5.35. The number of anilines is 1. The highest BCUT2D eigenvalue weighted by atomic mass is 35.5. The van der Waals surface area contributed by atoms with E-state index in [4.69, 9.17) is 27.9 Å². The largest absolute Gasteiger partial charge is 0.444 e. The Morgan fingerprint density at radius 1 is 1.00 bits per heavy atom. The SMILES string of the molecule is CC(C)(C)OC(=O)N1CCN(c2cccc3c2c(Cl)cn3S(=O)(=O)c2cccc(Cl)c2)CC1. The zero-order valence-corrected chi connectivity index (χ0v) is 20.9. The van der Waals surface area contributed by atoms with E-state index < -0.39 is 15.6 Å². The maximum atomic E-state index is 13.3. The molecule has 2 aromatic carbocycles. The van der Waals surface area contributed by atoms with Gasteiger partial charge in [-0.2, -0.15) is 0 Å². The van der Waals surface area contributed by atoms with Crippen LogP contribution < -0.4 is 4.90 Å². The molecule has 0 bridgehead atoms. The molecule has 1 aliphatic heterocycles. The minimum atomic E-state index is -3.89. The van der Waals surface area contributed by atoms with E-state index in [1.54, 1.807) is 29.2 Å². The van der Waals surface area contributed by atoms with Gasteiger partial charge in [0.05, 0.1) is 15.4 Å². The summed E-state index contributed by atoms with van der Waals surface area (Å²) < 4.78 is 33.3. The summed E-state index contributed by atoms with van der Waals surface area (Å²) in [5.74, 6) is 0. The van der Waals surface area contributed by atoms with Crippen LogP contribution in [-0.2, 0) is 14.8 Å². The van der Waals surface area contributed by atoms with E-state index in [1.807, 2.05) is 26.8 Å². The molecule has 0 atom stereocenters.